The molecule has 0 aromatic heterocycles. The highest BCUT2D eigenvalue weighted by Gasteiger charge is 2.11. The van der Waals surface area contributed by atoms with Crippen LogP contribution < -0.4 is 10.1 Å². The molecule has 23 heavy (non-hydrogen) atoms. The molecule has 0 aliphatic rings. The summed E-state index contributed by atoms with van der Waals surface area (Å²) < 4.78 is 5.53. The number of carbonyl (C=O) groups is 2. The molecule has 0 radical (unpaired) electrons. The van der Waals surface area contributed by atoms with Crippen LogP contribution in [0.1, 0.15) is 41.5 Å². The number of Topliss-reactive ketones (excluding diaryl/α,β-unsaturated/α-hetero) is 1. The Balaban J connectivity index is 2.13. The molecule has 0 fully saturated rings. The number of rotatable bonds is 5. The van der Waals surface area contributed by atoms with Gasteiger partial charge < -0.3 is 15.2 Å². The third kappa shape index (κ3) is 4.32. The number of hydrogen-bond acceptors (Lipinski definition) is 4. The van der Waals surface area contributed by atoms with Gasteiger partial charge in [0.05, 0.1) is 11.7 Å². The zero-order valence-electron chi connectivity index (χ0n) is 13.3. The van der Waals surface area contributed by atoms with Gasteiger partial charge in [-0.05, 0) is 63.2 Å². The lowest BCUT2D eigenvalue weighted by Gasteiger charge is -2.11. The fourth-order valence-corrected chi connectivity index (χ4v) is 2.06. The SMILES string of the molecule is CC(=O)c1cc(NC(=O)c2ccc(OC(C)C)cc2)ccc1O. The summed E-state index contributed by atoms with van der Waals surface area (Å²) in [6, 6.07) is 11.2. The Hall–Kier alpha value is -2.82. The minimum atomic E-state index is -0.304. The highest BCUT2D eigenvalue weighted by molar-refractivity contribution is 6.05. The fourth-order valence-electron chi connectivity index (χ4n) is 2.06. The standard InChI is InChI=1S/C18H19NO4/c1-11(2)23-15-7-4-13(5-8-15)18(22)19-14-6-9-17(21)16(10-14)12(3)20/h4-11,21H,1-3H3,(H,19,22). The Bertz CT molecular complexity index is 720. The first-order valence-electron chi connectivity index (χ1n) is 7.29. The van der Waals surface area contributed by atoms with Crippen molar-refractivity contribution in [3.63, 3.8) is 0 Å². The van der Waals surface area contributed by atoms with Crippen molar-refractivity contribution in [1.29, 1.82) is 0 Å². The van der Waals surface area contributed by atoms with Crippen molar-refractivity contribution in [2.75, 3.05) is 5.32 Å². The zero-order chi connectivity index (χ0) is 17.0. The van der Waals surface area contributed by atoms with Gasteiger partial charge in [-0.25, -0.2) is 0 Å². The lowest BCUT2D eigenvalue weighted by atomic mass is 10.1. The minimum absolute atomic E-state index is 0.0664. The summed E-state index contributed by atoms with van der Waals surface area (Å²) in [6.07, 6.45) is 0.0664. The molecule has 0 bridgehead atoms. The average Bonchev–Trinajstić information content (AvgIpc) is 2.49. The number of anilines is 1. The quantitative estimate of drug-likeness (QED) is 0.653. The number of phenols is 1. The van der Waals surface area contributed by atoms with E-state index in [9.17, 15) is 14.7 Å². The molecule has 0 aliphatic carbocycles. The maximum absolute atomic E-state index is 12.2. The van der Waals surface area contributed by atoms with E-state index in [-0.39, 0.29) is 29.1 Å². The molecule has 0 aliphatic heterocycles. The monoisotopic (exact) mass is 313 g/mol. The molecule has 120 valence electrons. The zero-order valence-corrected chi connectivity index (χ0v) is 13.3. The van der Waals surface area contributed by atoms with E-state index in [0.29, 0.717) is 17.0 Å². The second kappa shape index (κ2) is 6.96. The Kier molecular flexibility index (Phi) is 5.01. The number of aromatic hydroxyl groups is 1. The molecule has 0 heterocycles. The number of benzene rings is 2. The number of carbonyl (C=O) groups excluding carboxylic acids is 2. The van der Waals surface area contributed by atoms with Crippen LogP contribution in [-0.4, -0.2) is 22.9 Å². The van der Waals surface area contributed by atoms with Crippen molar-refractivity contribution >= 4 is 17.4 Å². The van der Waals surface area contributed by atoms with E-state index in [0.717, 1.165) is 0 Å². The second-order valence-electron chi connectivity index (χ2n) is 5.43. The van der Waals surface area contributed by atoms with Gasteiger partial charge >= 0.3 is 0 Å². The molecule has 5 nitrogen and oxygen atoms in total. The summed E-state index contributed by atoms with van der Waals surface area (Å²) in [5.41, 5.74) is 1.09. The minimum Gasteiger partial charge on any atom is -0.507 e. The van der Waals surface area contributed by atoms with Crippen molar-refractivity contribution in [3.05, 3.63) is 53.6 Å². The molecule has 0 atom stereocenters. The topological polar surface area (TPSA) is 75.6 Å². The predicted octanol–water partition coefficient (Wildman–Crippen LogP) is 3.63. The molecule has 2 N–H and O–H groups in total. The first kappa shape index (κ1) is 16.5. The number of ether oxygens (including phenoxy) is 1. The molecule has 2 aromatic rings. The van der Waals surface area contributed by atoms with Crippen LogP contribution in [0.15, 0.2) is 42.5 Å². The fraction of sp³-hybridized carbons (Fsp3) is 0.222. The maximum atomic E-state index is 12.2. The third-order valence-electron chi connectivity index (χ3n) is 3.12. The number of phenolic OH excluding ortho intramolecular Hbond substituents is 1. The molecule has 5 heteroatoms. The highest BCUT2D eigenvalue weighted by atomic mass is 16.5. The van der Waals surface area contributed by atoms with Gasteiger partial charge in [0.15, 0.2) is 5.78 Å². The van der Waals surface area contributed by atoms with Gasteiger partial charge in [0, 0.05) is 11.3 Å². The van der Waals surface area contributed by atoms with Crippen molar-refractivity contribution < 1.29 is 19.4 Å². The Morgan fingerprint density at radius 1 is 1.09 bits per heavy atom. The van der Waals surface area contributed by atoms with E-state index in [1.165, 1.54) is 25.1 Å². The summed E-state index contributed by atoms with van der Waals surface area (Å²) in [4.78, 5) is 23.6. The van der Waals surface area contributed by atoms with E-state index in [1.54, 1.807) is 24.3 Å². The van der Waals surface area contributed by atoms with Crippen molar-refractivity contribution in [2.45, 2.75) is 26.9 Å². The van der Waals surface area contributed by atoms with Gasteiger partial charge in [-0.15, -0.1) is 0 Å². The maximum Gasteiger partial charge on any atom is 0.255 e. The lowest BCUT2D eigenvalue weighted by molar-refractivity contribution is 0.100. The van der Waals surface area contributed by atoms with Gasteiger partial charge in [0.2, 0.25) is 0 Å². The van der Waals surface area contributed by atoms with Crippen LogP contribution in [0.2, 0.25) is 0 Å². The normalized spacial score (nSPS) is 10.4. The van der Waals surface area contributed by atoms with E-state index in [1.807, 2.05) is 13.8 Å². The summed E-state index contributed by atoms with van der Waals surface area (Å²) >= 11 is 0. The lowest BCUT2D eigenvalue weighted by Crippen LogP contribution is -2.12. The second-order valence-corrected chi connectivity index (χ2v) is 5.43. The summed E-state index contributed by atoms with van der Waals surface area (Å²) in [7, 11) is 0. The molecular formula is C18H19NO4. The number of hydrogen-bond donors (Lipinski definition) is 2. The number of amides is 1. The Labute approximate surface area is 134 Å². The van der Waals surface area contributed by atoms with Crippen LogP contribution in [0.4, 0.5) is 5.69 Å². The molecule has 0 unspecified atom stereocenters. The number of ketones is 1. The van der Waals surface area contributed by atoms with Crippen LogP contribution in [0.25, 0.3) is 0 Å². The summed E-state index contributed by atoms with van der Waals surface area (Å²) in [5.74, 6) is 0.0146. The van der Waals surface area contributed by atoms with Crippen molar-refractivity contribution in [3.8, 4) is 11.5 Å². The highest BCUT2D eigenvalue weighted by Crippen LogP contribution is 2.22. The third-order valence-corrected chi connectivity index (χ3v) is 3.12. The van der Waals surface area contributed by atoms with Gasteiger partial charge in [-0.1, -0.05) is 0 Å². The van der Waals surface area contributed by atoms with Crippen LogP contribution in [0.3, 0.4) is 0 Å². The molecule has 1 amide bonds. The first-order chi connectivity index (χ1) is 10.9. The van der Waals surface area contributed by atoms with E-state index in [2.05, 4.69) is 5.32 Å². The van der Waals surface area contributed by atoms with Crippen LogP contribution in [0, 0.1) is 0 Å². The molecule has 0 saturated carbocycles. The molecule has 0 saturated heterocycles. The van der Waals surface area contributed by atoms with Gasteiger partial charge in [-0.3, -0.25) is 9.59 Å². The van der Waals surface area contributed by atoms with Crippen molar-refractivity contribution in [1.82, 2.24) is 0 Å². The van der Waals surface area contributed by atoms with E-state index >= 15 is 0 Å². The van der Waals surface area contributed by atoms with E-state index in [4.69, 9.17) is 4.74 Å². The molecule has 0 spiro atoms. The average molecular weight is 313 g/mol. The summed E-state index contributed by atoms with van der Waals surface area (Å²) in [6.45, 7) is 5.21. The largest absolute Gasteiger partial charge is 0.507 e. The Morgan fingerprint density at radius 3 is 2.30 bits per heavy atom. The molecular weight excluding hydrogens is 294 g/mol. The van der Waals surface area contributed by atoms with Gasteiger partial charge in [0.1, 0.15) is 11.5 Å². The molecule has 2 aromatic carbocycles. The van der Waals surface area contributed by atoms with Crippen LogP contribution >= 0.6 is 0 Å². The number of nitrogens with one attached hydrogen (secondary N) is 1. The van der Waals surface area contributed by atoms with Crippen molar-refractivity contribution in [2.24, 2.45) is 0 Å². The molecule has 2 rings (SSSR count). The summed E-state index contributed by atoms with van der Waals surface area (Å²) in [5, 5.41) is 12.3. The van der Waals surface area contributed by atoms with E-state index < -0.39 is 0 Å². The predicted molar refractivity (Wildman–Crippen MR) is 88.3 cm³/mol. The van der Waals surface area contributed by atoms with Gasteiger partial charge in [0.25, 0.3) is 5.91 Å². The Morgan fingerprint density at radius 2 is 1.74 bits per heavy atom. The van der Waals surface area contributed by atoms with Crippen LogP contribution in [-0.2, 0) is 0 Å². The van der Waals surface area contributed by atoms with Crippen LogP contribution in [0.5, 0.6) is 11.5 Å². The smallest absolute Gasteiger partial charge is 0.255 e. The van der Waals surface area contributed by atoms with Gasteiger partial charge in [-0.2, -0.15) is 0 Å². The first-order valence-corrected chi connectivity index (χ1v) is 7.29.